The zero-order valence-corrected chi connectivity index (χ0v) is 8.16. The number of terminal acetylenes is 1. The van der Waals surface area contributed by atoms with Crippen LogP contribution in [0.4, 0.5) is 0 Å². The zero-order chi connectivity index (χ0) is 10.4. The standard InChI is InChI=1S/C10H13N3O/c1-3-4-5-10(14)13(2)8-9-11-6-7-12-9/h1,6-7H,4-5,8H2,2H3,(H,11,12). The largest absolute Gasteiger partial charge is 0.347 e. The van der Waals surface area contributed by atoms with Crippen molar-refractivity contribution in [2.45, 2.75) is 19.4 Å². The Kier molecular flexibility index (Phi) is 3.74. The maximum atomic E-state index is 11.4. The van der Waals surface area contributed by atoms with E-state index in [0.29, 0.717) is 19.4 Å². The first-order valence-corrected chi connectivity index (χ1v) is 4.39. The van der Waals surface area contributed by atoms with Crippen molar-refractivity contribution in [1.29, 1.82) is 0 Å². The summed E-state index contributed by atoms with van der Waals surface area (Å²) >= 11 is 0. The zero-order valence-electron chi connectivity index (χ0n) is 8.16. The Bertz CT molecular complexity index is 324. The summed E-state index contributed by atoms with van der Waals surface area (Å²) < 4.78 is 0. The molecule has 1 amide bonds. The van der Waals surface area contributed by atoms with Gasteiger partial charge >= 0.3 is 0 Å². The van der Waals surface area contributed by atoms with Crippen molar-refractivity contribution in [2.75, 3.05) is 7.05 Å². The molecule has 0 saturated carbocycles. The number of amides is 1. The molecule has 4 heteroatoms. The van der Waals surface area contributed by atoms with Crippen LogP contribution < -0.4 is 0 Å². The second-order valence-electron chi connectivity index (χ2n) is 2.99. The van der Waals surface area contributed by atoms with Gasteiger partial charge in [-0.3, -0.25) is 4.79 Å². The van der Waals surface area contributed by atoms with Crippen molar-refractivity contribution in [1.82, 2.24) is 14.9 Å². The van der Waals surface area contributed by atoms with E-state index >= 15 is 0 Å². The third kappa shape index (κ3) is 2.94. The summed E-state index contributed by atoms with van der Waals surface area (Å²) in [4.78, 5) is 20.0. The van der Waals surface area contributed by atoms with Crippen molar-refractivity contribution >= 4 is 5.91 Å². The summed E-state index contributed by atoms with van der Waals surface area (Å²) in [6, 6.07) is 0. The van der Waals surface area contributed by atoms with Gasteiger partial charge in [-0.25, -0.2) is 4.98 Å². The Morgan fingerprint density at radius 3 is 3.14 bits per heavy atom. The molecule has 74 valence electrons. The van der Waals surface area contributed by atoms with E-state index in [2.05, 4.69) is 15.9 Å². The fourth-order valence-electron chi connectivity index (χ4n) is 1.07. The summed E-state index contributed by atoms with van der Waals surface area (Å²) in [7, 11) is 1.74. The molecule has 1 heterocycles. The molecular weight excluding hydrogens is 178 g/mol. The van der Waals surface area contributed by atoms with E-state index in [9.17, 15) is 4.79 Å². The number of hydrogen-bond donors (Lipinski definition) is 1. The molecular formula is C10H13N3O. The number of nitrogens with zero attached hydrogens (tertiary/aromatic N) is 2. The topological polar surface area (TPSA) is 49.0 Å². The van der Waals surface area contributed by atoms with Crippen LogP contribution in [0.25, 0.3) is 0 Å². The number of hydrogen-bond acceptors (Lipinski definition) is 2. The molecule has 0 saturated heterocycles. The lowest BCUT2D eigenvalue weighted by atomic mass is 10.3. The average molecular weight is 191 g/mol. The van der Waals surface area contributed by atoms with Crippen LogP contribution >= 0.6 is 0 Å². The third-order valence-corrected chi connectivity index (χ3v) is 1.85. The van der Waals surface area contributed by atoms with Crippen molar-refractivity contribution in [3.8, 4) is 12.3 Å². The molecule has 0 aromatic carbocycles. The summed E-state index contributed by atoms with van der Waals surface area (Å²) in [5.41, 5.74) is 0. The van der Waals surface area contributed by atoms with Crippen LogP contribution in [0.3, 0.4) is 0 Å². The van der Waals surface area contributed by atoms with Gasteiger partial charge in [-0.15, -0.1) is 12.3 Å². The summed E-state index contributed by atoms with van der Waals surface area (Å²) in [5.74, 6) is 3.26. The number of carbonyl (C=O) groups is 1. The summed E-state index contributed by atoms with van der Waals surface area (Å²) in [6.07, 6.45) is 9.35. The molecule has 0 atom stereocenters. The lowest BCUT2D eigenvalue weighted by Gasteiger charge is -2.14. The first kappa shape index (κ1) is 10.3. The predicted octanol–water partition coefficient (Wildman–Crippen LogP) is 0.781. The first-order valence-electron chi connectivity index (χ1n) is 4.39. The molecule has 0 aliphatic rings. The van der Waals surface area contributed by atoms with Crippen LogP contribution in [0.2, 0.25) is 0 Å². The van der Waals surface area contributed by atoms with Gasteiger partial charge in [0, 0.05) is 32.3 Å². The molecule has 0 bridgehead atoms. The maximum absolute atomic E-state index is 11.4. The van der Waals surface area contributed by atoms with E-state index in [1.807, 2.05) is 0 Å². The Morgan fingerprint density at radius 1 is 1.79 bits per heavy atom. The maximum Gasteiger partial charge on any atom is 0.223 e. The molecule has 0 aliphatic heterocycles. The van der Waals surface area contributed by atoms with Crippen molar-refractivity contribution in [3.63, 3.8) is 0 Å². The van der Waals surface area contributed by atoms with Crippen LogP contribution in [0.5, 0.6) is 0 Å². The number of aromatic amines is 1. The van der Waals surface area contributed by atoms with Gasteiger partial charge in [-0.05, 0) is 0 Å². The molecule has 0 spiro atoms. The minimum atomic E-state index is 0.0411. The molecule has 0 fully saturated rings. The lowest BCUT2D eigenvalue weighted by Crippen LogP contribution is -2.26. The van der Waals surface area contributed by atoms with Gasteiger partial charge in [0.1, 0.15) is 5.82 Å². The van der Waals surface area contributed by atoms with Gasteiger partial charge in [-0.2, -0.15) is 0 Å². The Morgan fingerprint density at radius 2 is 2.57 bits per heavy atom. The summed E-state index contributed by atoms with van der Waals surface area (Å²) in [6.45, 7) is 0.496. The molecule has 1 N–H and O–H groups in total. The molecule has 1 aromatic rings. The van der Waals surface area contributed by atoms with E-state index in [1.165, 1.54) is 0 Å². The monoisotopic (exact) mass is 191 g/mol. The second kappa shape index (κ2) is 5.07. The number of rotatable bonds is 4. The highest BCUT2D eigenvalue weighted by Crippen LogP contribution is 1.99. The van der Waals surface area contributed by atoms with E-state index in [1.54, 1.807) is 24.3 Å². The van der Waals surface area contributed by atoms with Gasteiger partial charge in [0.25, 0.3) is 0 Å². The van der Waals surface area contributed by atoms with E-state index < -0.39 is 0 Å². The Hall–Kier alpha value is -1.76. The predicted molar refractivity (Wildman–Crippen MR) is 53.1 cm³/mol. The molecule has 14 heavy (non-hydrogen) atoms. The van der Waals surface area contributed by atoms with Gasteiger partial charge < -0.3 is 9.88 Å². The highest BCUT2D eigenvalue weighted by molar-refractivity contribution is 5.76. The quantitative estimate of drug-likeness (QED) is 0.715. The fourth-order valence-corrected chi connectivity index (χ4v) is 1.07. The number of aromatic nitrogens is 2. The molecule has 4 nitrogen and oxygen atoms in total. The smallest absolute Gasteiger partial charge is 0.223 e. The second-order valence-corrected chi connectivity index (χ2v) is 2.99. The van der Waals surface area contributed by atoms with Crippen molar-refractivity contribution in [3.05, 3.63) is 18.2 Å². The summed E-state index contributed by atoms with van der Waals surface area (Å²) in [5, 5.41) is 0. The highest BCUT2D eigenvalue weighted by atomic mass is 16.2. The van der Waals surface area contributed by atoms with Crippen LogP contribution in [-0.4, -0.2) is 27.8 Å². The number of carbonyl (C=O) groups excluding carboxylic acids is 1. The number of nitrogens with one attached hydrogen (secondary N) is 1. The normalized spacial score (nSPS) is 9.43. The SMILES string of the molecule is C#CCCC(=O)N(C)Cc1ncc[nH]1. The molecule has 0 unspecified atom stereocenters. The Balaban J connectivity index is 2.39. The van der Waals surface area contributed by atoms with Crippen molar-refractivity contribution < 1.29 is 4.79 Å². The van der Waals surface area contributed by atoms with Gasteiger partial charge in [0.2, 0.25) is 5.91 Å². The Labute approximate surface area is 83.3 Å². The lowest BCUT2D eigenvalue weighted by molar-refractivity contribution is -0.130. The van der Waals surface area contributed by atoms with E-state index in [0.717, 1.165) is 5.82 Å². The molecule has 0 radical (unpaired) electrons. The molecule has 0 aliphatic carbocycles. The van der Waals surface area contributed by atoms with Gasteiger partial charge in [0.05, 0.1) is 6.54 Å². The molecule has 1 rings (SSSR count). The van der Waals surface area contributed by atoms with Crippen LogP contribution in [0.1, 0.15) is 18.7 Å². The van der Waals surface area contributed by atoms with Gasteiger partial charge in [-0.1, -0.05) is 0 Å². The van der Waals surface area contributed by atoms with E-state index in [-0.39, 0.29) is 5.91 Å². The van der Waals surface area contributed by atoms with Crippen LogP contribution in [0, 0.1) is 12.3 Å². The minimum absolute atomic E-state index is 0.0411. The third-order valence-electron chi connectivity index (χ3n) is 1.85. The number of H-pyrrole nitrogens is 1. The fraction of sp³-hybridized carbons (Fsp3) is 0.400. The van der Waals surface area contributed by atoms with Crippen molar-refractivity contribution in [2.24, 2.45) is 0 Å². The van der Waals surface area contributed by atoms with Crippen LogP contribution in [0.15, 0.2) is 12.4 Å². The average Bonchev–Trinajstić information content (AvgIpc) is 2.66. The first-order chi connectivity index (χ1) is 6.74. The minimum Gasteiger partial charge on any atom is -0.347 e. The highest BCUT2D eigenvalue weighted by Gasteiger charge is 2.08. The van der Waals surface area contributed by atoms with E-state index in [4.69, 9.17) is 6.42 Å². The number of imidazole rings is 1. The van der Waals surface area contributed by atoms with Crippen LogP contribution in [-0.2, 0) is 11.3 Å². The van der Waals surface area contributed by atoms with Gasteiger partial charge in [0.15, 0.2) is 0 Å². The molecule has 1 aromatic heterocycles.